The van der Waals surface area contributed by atoms with Gasteiger partial charge in [-0.05, 0) is 43.5 Å². The number of hydrogen-bond acceptors (Lipinski definition) is 3. The molecule has 1 aromatic carbocycles. The third-order valence-electron chi connectivity index (χ3n) is 3.97. The summed E-state index contributed by atoms with van der Waals surface area (Å²) in [6.07, 6.45) is 4.14. The van der Waals surface area contributed by atoms with Gasteiger partial charge < -0.3 is 15.4 Å². The summed E-state index contributed by atoms with van der Waals surface area (Å²) in [4.78, 5) is 2.94. The highest BCUT2D eigenvalue weighted by molar-refractivity contribution is 7.80. The number of nitrogens with zero attached hydrogens (tertiary/aromatic N) is 1. The minimum atomic E-state index is 0.425. The summed E-state index contributed by atoms with van der Waals surface area (Å²) >= 11 is 4.98. The van der Waals surface area contributed by atoms with Crippen LogP contribution in [0.3, 0.4) is 0 Å². The van der Waals surface area contributed by atoms with Gasteiger partial charge in [-0.2, -0.15) is 0 Å². The second kappa shape index (κ2) is 4.86. The van der Waals surface area contributed by atoms with Crippen LogP contribution in [0.4, 0.5) is 5.69 Å². The number of anilines is 1. The lowest BCUT2D eigenvalue weighted by atomic mass is 10.1. The van der Waals surface area contributed by atoms with Crippen LogP contribution in [0, 0.1) is 0 Å². The van der Waals surface area contributed by atoms with Crippen molar-refractivity contribution in [2.45, 2.75) is 31.4 Å². The van der Waals surface area contributed by atoms with Crippen LogP contribution in [0.5, 0.6) is 0 Å². The van der Waals surface area contributed by atoms with E-state index in [9.17, 15) is 0 Å². The number of nitrogens with two attached hydrogens (primary N) is 1. The molecule has 1 aliphatic carbocycles. The van der Waals surface area contributed by atoms with Crippen LogP contribution in [-0.2, 0) is 4.74 Å². The first kappa shape index (κ1) is 11.9. The third-order valence-corrected chi connectivity index (χ3v) is 4.20. The Hall–Kier alpha value is -1.13. The van der Waals surface area contributed by atoms with Gasteiger partial charge in [-0.25, -0.2) is 0 Å². The lowest BCUT2D eigenvalue weighted by Crippen LogP contribution is -2.48. The van der Waals surface area contributed by atoms with Gasteiger partial charge in [-0.1, -0.05) is 12.2 Å². The molecular formula is C14H18N2OS. The molecule has 2 atom stereocenters. The first-order chi connectivity index (χ1) is 8.75. The molecule has 1 saturated carbocycles. The van der Waals surface area contributed by atoms with Crippen molar-refractivity contribution in [3.05, 3.63) is 29.8 Å². The Bertz CT molecular complexity index is 446. The molecule has 96 valence electrons. The molecule has 3 rings (SSSR count). The average Bonchev–Trinajstić information content (AvgIpc) is 2.87. The second-order valence-electron chi connectivity index (χ2n) is 5.01. The van der Waals surface area contributed by atoms with Gasteiger partial charge in [0.15, 0.2) is 0 Å². The number of hydrogen-bond donors (Lipinski definition) is 1. The number of ether oxygens (including phenoxy) is 1. The Morgan fingerprint density at radius 3 is 2.78 bits per heavy atom. The van der Waals surface area contributed by atoms with Crippen molar-refractivity contribution in [1.82, 2.24) is 0 Å². The predicted molar refractivity (Wildman–Crippen MR) is 77.1 cm³/mol. The Morgan fingerprint density at radius 1 is 1.28 bits per heavy atom. The maximum Gasteiger partial charge on any atom is 0.103 e. The minimum absolute atomic E-state index is 0.425. The number of rotatable bonds is 2. The third kappa shape index (κ3) is 2.10. The lowest BCUT2D eigenvalue weighted by molar-refractivity contribution is 0.0256. The summed E-state index contributed by atoms with van der Waals surface area (Å²) in [6.45, 7) is 1.81. The van der Waals surface area contributed by atoms with E-state index < -0.39 is 0 Å². The summed E-state index contributed by atoms with van der Waals surface area (Å²) in [5.74, 6) is 0. The normalized spacial score (nSPS) is 27.0. The fourth-order valence-corrected chi connectivity index (χ4v) is 3.20. The summed E-state index contributed by atoms with van der Waals surface area (Å²) in [7, 11) is 0. The minimum Gasteiger partial charge on any atom is -0.389 e. The van der Waals surface area contributed by atoms with Gasteiger partial charge in [0, 0.05) is 17.8 Å². The van der Waals surface area contributed by atoms with E-state index in [4.69, 9.17) is 22.7 Å². The van der Waals surface area contributed by atoms with Crippen molar-refractivity contribution >= 4 is 22.9 Å². The van der Waals surface area contributed by atoms with Crippen LogP contribution in [0.15, 0.2) is 24.3 Å². The SMILES string of the molecule is NC(=S)c1ccc(N2CCOC3CCCC32)cc1. The van der Waals surface area contributed by atoms with Crippen LogP contribution >= 0.6 is 12.2 Å². The van der Waals surface area contributed by atoms with Crippen molar-refractivity contribution < 1.29 is 4.74 Å². The summed E-state index contributed by atoms with van der Waals surface area (Å²) in [5.41, 5.74) is 7.82. The van der Waals surface area contributed by atoms with E-state index in [0.717, 1.165) is 18.7 Å². The monoisotopic (exact) mass is 262 g/mol. The molecule has 0 bridgehead atoms. The van der Waals surface area contributed by atoms with E-state index in [1.54, 1.807) is 0 Å². The molecule has 2 unspecified atom stereocenters. The number of benzene rings is 1. The van der Waals surface area contributed by atoms with E-state index in [1.807, 2.05) is 12.1 Å². The largest absolute Gasteiger partial charge is 0.389 e. The summed E-state index contributed by atoms with van der Waals surface area (Å²) in [5, 5.41) is 0. The maximum absolute atomic E-state index is 5.83. The molecule has 18 heavy (non-hydrogen) atoms. The van der Waals surface area contributed by atoms with E-state index in [0.29, 0.717) is 17.1 Å². The fraction of sp³-hybridized carbons (Fsp3) is 0.500. The molecule has 2 fully saturated rings. The smallest absolute Gasteiger partial charge is 0.103 e. The van der Waals surface area contributed by atoms with Gasteiger partial charge in [0.2, 0.25) is 0 Å². The van der Waals surface area contributed by atoms with Crippen molar-refractivity contribution in [3.8, 4) is 0 Å². The van der Waals surface area contributed by atoms with Crippen molar-refractivity contribution in [3.63, 3.8) is 0 Å². The highest BCUT2D eigenvalue weighted by Gasteiger charge is 2.35. The molecule has 1 heterocycles. The number of thiocarbonyl (C=S) groups is 1. The van der Waals surface area contributed by atoms with Gasteiger partial charge in [0.05, 0.1) is 18.8 Å². The highest BCUT2D eigenvalue weighted by atomic mass is 32.1. The van der Waals surface area contributed by atoms with Gasteiger partial charge >= 0.3 is 0 Å². The Morgan fingerprint density at radius 2 is 2.06 bits per heavy atom. The van der Waals surface area contributed by atoms with E-state index in [2.05, 4.69) is 17.0 Å². The Kier molecular flexibility index (Phi) is 3.22. The van der Waals surface area contributed by atoms with Gasteiger partial charge in [0.25, 0.3) is 0 Å². The first-order valence-electron chi connectivity index (χ1n) is 6.54. The molecule has 1 saturated heterocycles. The molecule has 0 spiro atoms. The van der Waals surface area contributed by atoms with Crippen LogP contribution in [-0.4, -0.2) is 30.3 Å². The zero-order valence-corrected chi connectivity index (χ0v) is 11.2. The van der Waals surface area contributed by atoms with Crippen LogP contribution in [0.1, 0.15) is 24.8 Å². The molecule has 3 nitrogen and oxygen atoms in total. The molecule has 2 N–H and O–H groups in total. The van der Waals surface area contributed by atoms with E-state index >= 15 is 0 Å². The molecule has 4 heteroatoms. The fourth-order valence-electron chi connectivity index (χ4n) is 3.06. The van der Waals surface area contributed by atoms with Crippen LogP contribution < -0.4 is 10.6 Å². The molecule has 0 amide bonds. The molecule has 0 aromatic heterocycles. The first-order valence-corrected chi connectivity index (χ1v) is 6.94. The molecule has 2 aliphatic rings. The Balaban J connectivity index is 1.82. The quantitative estimate of drug-likeness (QED) is 0.828. The highest BCUT2D eigenvalue weighted by Crippen LogP contribution is 2.33. The zero-order chi connectivity index (χ0) is 12.5. The number of fused-ring (bicyclic) bond motifs is 1. The van der Waals surface area contributed by atoms with Crippen molar-refractivity contribution in [1.29, 1.82) is 0 Å². The standard InChI is InChI=1S/C14H18N2OS/c15-14(18)10-4-6-11(7-5-10)16-8-9-17-13-3-1-2-12(13)16/h4-7,12-13H,1-3,8-9H2,(H2,15,18). The zero-order valence-electron chi connectivity index (χ0n) is 10.3. The molecule has 0 radical (unpaired) electrons. The Labute approximate surface area is 113 Å². The van der Waals surface area contributed by atoms with Crippen molar-refractivity contribution in [2.24, 2.45) is 5.73 Å². The topological polar surface area (TPSA) is 38.5 Å². The van der Waals surface area contributed by atoms with E-state index in [1.165, 1.54) is 24.9 Å². The summed E-state index contributed by atoms with van der Waals surface area (Å²) in [6, 6.07) is 8.81. The average molecular weight is 262 g/mol. The predicted octanol–water partition coefficient (Wildman–Crippen LogP) is 2.08. The van der Waals surface area contributed by atoms with Crippen molar-refractivity contribution in [2.75, 3.05) is 18.1 Å². The lowest BCUT2D eigenvalue weighted by Gasteiger charge is -2.39. The van der Waals surface area contributed by atoms with Crippen LogP contribution in [0.2, 0.25) is 0 Å². The van der Waals surface area contributed by atoms with Crippen LogP contribution in [0.25, 0.3) is 0 Å². The van der Waals surface area contributed by atoms with Gasteiger partial charge in [0.1, 0.15) is 4.99 Å². The second-order valence-corrected chi connectivity index (χ2v) is 5.45. The van der Waals surface area contributed by atoms with Gasteiger partial charge in [-0.15, -0.1) is 0 Å². The molecule has 1 aromatic rings. The van der Waals surface area contributed by atoms with E-state index in [-0.39, 0.29) is 0 Å². The maximum atomic E-state index is 5.83. The number of morpholine rings is 1. The summed E-state index contributed by atoms with van der Waals surface area (Å²) < 4.78 is 5.83. The molecular weight excluding hydrogens is 244 g/mol. The van der Waals surface area contributed by atoms with Gasteiger partial charge in [-0.3, -0.25) is 0 Å². The molecule has 1 aliphatic heterocycles.